The van der Waals surface area contributed by atoms with E-state index in [-0.39, 0.29) is 19.3 Å². The zero-order valence-electron chi connectivity index (χ0n) is 19.5. The van der Waals surface area contributed by atoms with Gasteiger partial charge in [0.15, 0.2) is 0 Å². The van der Waals surface area contributed by atoms with Crippen LogP contribution in [0, 0.1) is 5.41 Å². The minimum atomic E-state index is -0.483. The SMILES string of the molecule is CCCC(CCC)(CCC)CCCCCCC(N)CC(CCO)(CCO)OC. The summed E-state index contributed by atoms with van der Waals surface area (Å²) in [4.78, 5) is 0. The van der Waals surface area contributed by atoms with Gasteiger partial charge in [0.05, 0.1) is 5.60 Å². The Labute approximate surface area is 175 Å². The molecule has 0 bridgehead atoms. The molecule has 4 nitrogen and oxygen atoms in total. The van der Waals surface area contributed by atoms with Crippen molar-refractivity contribution >= 4 is 0 Å². The number of hydrogen-bond donors (Lipinski definition) is 3. The Morgan fingerprint density at radius 2 is 1.25 bits per heavy atom. The van der Waals surface area contributed by atoms with Gasteiger partial charge in [0.1, 0.15) is 0 Å². The second kappa shape index (κ2) is 16.6. The molecule has 0 aromatic heterocycles. The molecule has 0 radical (unpaired) electrons. The maximum Gasteiger partial charge on any atom is 0.0737 e. The van der Waals surface area contributed by atoms with Crippen molar-refractivity contribution in [1.82, 2.24) is 0 Å². The topological polar surface area (TPSA) is 75.7 Å². The maximum atomic E-state index is 9.32. The van der Waals surface area contributed by atoms with Crippen LogP contribution in [0.25, 0.3) is 0 Å². The Morgan fingerprint density at radius 3 is 1.68 bits per heavy atom. The molecule has 0 aromatic rings. The number of nitrogens with two attached hydrogens (primary N) is 1. The predicted molar refractivity (Wildman–Crippen MR) is 121 cm³/mol. The van der Waals surface area contributed by atoms with Crippen molar-refractivity contribution in [3.05, 3.63) is 0 Å². The lowest BCUT2D eigenvalue weighted by Crippen LogP contribution is -2.40. The molecule has 0 aliphatic heterocycles. The molecule has 0 heterocycles. The molecule has 0 aliphatic carbocycles. The van der Waals surface area contributed by atoms with Gasteiger partial charge in [-0.25, -0.2) is 0 Å². The van der Waals surface area contributed by atoms with Crippen LogP contribution in [0.1, 0.15) is 117 Å². The van der Waals surface area contributed by atoms with E-state index in [2.05, 4.69) is 20.8 Å². The van der Waals surface area contributed by atoms with Crippen molar-refractivity contribution in [2.24, 2.45) is 11.1 Å². The smallest absolute Gasteiger partial charge is 0.0737 e. The first-order chi connectivity index (χ1) is 13.5. The Bertz CT molecular complexity index is 326. The van der Waals surface area contributed by atoms with Crippen LogP contribution in [0.4, 0.5) is 0 Å². The van der Waals surface area contributed by atoms with Crippen LogP contribution >= 0.6 is 0 Å². The first-order valence-corrected chi connectivity index (χ1v) is 12.0. The average Bonchev–Trinajstić information content (AvgIpc) is 2.65. The first-order valence-electron chi connectivity index (χ1n) is 12.0. The summed E-state index contributed by atoms with van der Waals surface area (Å²) < 4.78 is 5.64. The lowest BCUT2D eigenvalue weighted by molar-refractivity contribution is -0.0547. The zero-order valence-corrected chi connectivity index (χ0v) is 19.5. The van der Waals surface area contributed by atoms with Gasteiger partial charge in [0, 0.05) is 26.4 Å². The summed E-state index contributed by atoms with van der Waals surface area (Å²) in [6.45, 7) is 7.12. The second-order valence-corrected chi connectivity index (χ2v) is 9.00. The van der Waals surface area contributed by atoms with Crippen LogP contribution in [0.15, 0.2) is 0 Å². The number of ether oxygens (including phenoxy) is 1. The molecule has 4 N–H and O–H groups in total. The van der Waals surface area contributed by atoms with Crippen molar-refractivity contribution in [3.63, 3.8) is 0 Å². The van der Waals surface area contributed by atoms with Crippen LogP contribution in [-0.4, -0.2) is 42.2 Å². The third-order valence-corrected chi connectivity index (χ3v) is 6.58. The van der Waals surface area contributed by atoms with Crippen molar-refractivity contribution in [3.8, 4) is 0 Å². The summed E-state index contributed by atoms with van der Waals surface area (Å²) in [6.07, 6.45) is 17.2. The molecule has 0 rings (SSSR count). The number of aliphatic hydroxyl groups excluding tert-OH is 2. The molecule has 1 unspecified atom stereocenters. The molecule has 4 heteroatoms. The van der Waals surface area contributed by atoms with Crippen LogP contribution in [0.3, 0.4) is 0 Å². The molecular formula is C24H51NO3. The van der Waals surface area contributed by atoms with Gasteiger partial charge < -0.3 is 20.7 Å². The number of rotatable bonds is 20. The summed E-state index contributed by atoms with van der Waals surface area (Å²) >= 11 is 0. The summed E-state index contributed by atoms with van der Waals surface area (Å²) in [5, 5.41) is 18.6. The highest BCUT2D eigenvalue weighted by atomic mass is 16.5. The van der Waals surface area contributed by atoms with E-state index in [1.807, 2.05) is 0 Å². The maximum absolute atomic E-state index is 9.32. The van der Waals surface area contributed by atoms with Gasteiger partial charge in [-0.15, -0.1) is 0 Å². The number of unbranched alkanes of at least 4 members (excludes halogenated alkanes) is 3. The van der Waals surface area contributed by atoms with E-state index in [0.717, 1.165) is 12.8 Å². The van der Waals surface area contributed by atoms with Gasteiger partial charge in [-0.05, 0) is 56.8 Å². The fraction of sp³-hybridized carbons (Fsp3) is 1.00. The lowest BCUT2D eigenvalue weighted by atomic mass is 9.72. The fourth-order valence-electron chi connectivity index (χ4n) is 5.21. The standard InChI is InChI=1S/C24H51NO3/c1-5-13-23(14-6-2,15-7-3)16-11-9-8-10-12-22(25)21-24(28-4,17-19-26)18-20-27/h22,26-27H,5-21,25H2,1-4H3. The predicted octanol–water partition coefficient (Wildman–Crippen LogP) is 5.58. The largest absolute Gasteiger partial charge is 0.396 e. The highest BCUT2D eigenvalue weighted by Crippen LogP contribution is 2.40. The van der Waals surface area contributed by atoms with E-state index in [1.54, 1.807) is 7.11 Å². The van der Waals surface area contributed by atoms with E-state index in [4.69, 9.17) is 10.5 Å². The van der Waals surface area contributed by atoms with Crippen molar-refractivity contribution in [1.29, 1.82) is 0 Å². The molecule has 0 amide bonds. The van der Waals surface area contributed by atoms with Crippen molar-refractivity contribution < 1.29 is 14.9 Å². The monoisotopic (exact) mass is 401 g/mol. The molecule has 0 aromatic carbocycles. The van der Waals surface area contributed by atoms with Crippen LogP contribution in [0.5, 0.6) is 0 Å². The molecule has 1 atom stereocenters. The van der Waals surface area contributed by atoms with Crippen LogP contribution in [-0.2, 0) is 4.74 Å². The highest BCUT2D eigenvalue weighted by Gasteiger charge is 2.31. The highest BCUT2D eigenvalue weighted by molar-refractivity contribution is 4.85. The second-order valence-electron chi connectivity index (χ2n) is 9.00. The average molecular weight is 402 g/mol. The summed E-state index contributed by atoms with van der Waals surface area (Å²) in [6, 6.07) is 0.0671. The Morgan fingerprint density at radius 1 is 0.750 bits per heavy atom. The molecule has 0 saturated heterocycles. The Kier molecular flexibility index (Phi) is 16.5. The van der Waals surface area contributed by atoms with Gasteiger partial charge in [-0.3, -0.25) is 0 Å². The van der Waals surface area contributed by atoms with Crippen molar-refractivity contribution in [2.45, 2.75) is 129 Å². The van der Waals surface area contributed by atoms with Gasteiger partial charge in [-0.2, -0.15) is 0 Å². The number of methoxy groups -OCH3 is 1. The van der Waals surface area contributed by atoms with E-state index >= 15 is 0 Å². The molecule has 0 aliphatic rings. The molecule has 170 valence electrons. The third-order valence-electron chi connectivity index (χ3n) is 6.58. The zero-order chi connectivity index (χ0) is 21.3. The van der Waals surface area contributed by atoms with Crippen LogP contribution in [0.2, 0.25) is 0 Å². The lowest BCUT2D eigenvalue weighted by Gasteiger charge is -2.34. The summed E-state index contributed by atoms with van der Waals surface area (Å²) in [5.41, 5.74) is 6.46. The van der Waals surface area contributed by atoms with E-state index in [1.165, 1.54) is 64.2 Å². The summed E-state index contributed by atoms with van der Waals surface area (Å²) in [5.74, 6) is 0. The molecule has 0 saturated carbocycles. The minimum absolute atomic E-state index is 0.0651. The Hall–Kier alpha value is -0.160. The van der Waals surface area contributed by atoms with Gasteiger partial charge in [0.2, 0.25) is 0 Å². The van der Waals surface area contributed by atoms with Gasteiger partial charge >= 0.3 is 0 Å². The number of hydrogen-bond acceptors (Lipinski definition) is 4. The normalized spacial score (nSPS) is 13.8. The van der Waals surface area contributed by atoms with Gasteiger partial charge in [-0.1, -0.05) is 65.7 Å². The minimum Gasteiger partial charge on any atom is -0.396 e. The van der Waals surface area contributed by atoms with E-state index in [9.17, 15) is 10.2 Å². The molecule has 0 fully saturated rings. The molecule has 28 heavy (non-hydrogen) atoms. The van der Waals surface area contributed by atoms with Crippen molar-refractivity contribution in [2.75, 3.05) is 20.3 Å². The Balaban J connectivity index is 4.25. The van der Waals surface area contributed by atoms with E-state index in [0.29, 0.717) is 24.7 Å². The first kappa shape index (κ1) is 27.8. The third kappa shape index (κ3) is 11.1. The van der Waals surface area contributed by atoms with E-state index < -0.39 is 5.60 Å². The number of aliphatic hydroxyl groups is 2. The quantitative estimate of drug-likeness (QED) is 0.233. The summed E-state index contributed by atoms with van der Waals surface area (Å²) in [7, 11) is 1.66. The molecular weight excluding hydrogens is 350 g/mol. The van der Waals surface area contributed by atoms with Crippen LogP contribution < -0.4 is 5.73 Å². The fourth-order valence-corrected chi connectivity index (χ4v) is 5.21. The molecule has 0 spiro atoms. The van der Waals surface area contributed by atoms with Gasteiger partial charge in [0.25, 0.3) is 0 Å².